The Labute approximate surface area is 145 Å². The van der Waals surface area contributed by atoms with E-state index in [1.54, 1.807) is 0 Å². The zero-order valence-corrected chi connectivity index (χ0v) is 14.1. The molecular formula is C16H16F5N3O2. The van der Waals surface area contributed by atoms with Gasteiger partial charge in [-0.15, -0.1) is 0 Å². The Hall–Kier alpha value is -2.49. The van der Waals surface area contributed by atoms with E-state index in [0.29, 0.717) is 0 Å². The van der Waals surface area contributed by atoms with Gasteiger partial charge < -0.3 is 0 Å². The molecule has 1 heterocycles. The van der Waals surface area contributed by atoms with Gasteiger partial charge in [-0.05, 0) is 25.0 Å². The van der Waals surface area contributed by atoms with Crippen molar-refractivity contribution in [1.82, 2.24) is 14.8 Å². The Balaban J connectivity index is 2.28. The Kier molecular flexibility index (Phi) is 5.96. The summed E-state index contributed by atoms with van der Waals surface area (Å²) in [6.07, 6.45) is -2.10. The molecule has 2 rings (SSSR count). The van der Waals surface area contributed by atoms with Crippen LogP contribution < -0.4 is 0 Å². The lowest BCUT2D eigenvalue weighted by molar-refractivity contribution is -0.119. The largest absolute Gasteiger partial charge is 0.282 e. The molecule has 0 saturated carbocycles. The van der Waals surface area contributed by atoms with E-state index >= 15 is 0 Å². The number of hydrogen-bond acceptors (Lipinski definition) is 3. The van der Waals surface area contributed by atoms with Gasteiger partial charge >= 0.3 is 0 Å². The molecule has 0 aliphatic carbocycles. The SMILES string of the molecule is CON(C(=O)c1cn(C)nc1C(F)F)C(C)Cc1ccc(F)c(F)c1F. The van der Waals surface area contributed by atoms with Crippen molar-refractivity contribution in [3.8, 4) is 0 Å². The summed E-state index contributed by atoms with van der Waals surface area (Å²) in [4.78, 5) is 17.5. The van der Waals surface area contributed by atoms with Crippen LogP contribution in [0.15, 0.2) is 18.3 Å². The van der Waals surface area contributed by atoms with Crippen molar-refractivity contribution < 1.29 is 31.6 Å². The van der Waals surface area contributed by atoms with Gasteiger partial charge in [-0.1, -0.05) is 6.07 Å². The minimum atomic E-state index is -2.98. The van der Waals surface area contributed by atoms with Crippen LogP contribution >= 0.6 is 0 Å². The van der Waals surface area contributed by atoms with E-state index in [1.807, 2.05) is 0 Å². The fraction of sp³-hybridized carbons (Fsp3) is 0.375. The molecule has 0 fully saturated rings. The summed E-state index contributed by atoms with van der Waals surface area (Å²) in [6.45, 7) is 1.44. The average Bonchev–Trinajstić information content (AvgIpc) is 2.98. The molecule has 5 nitrogen and oxygen atoms in total. The highest BCUT2D eigenvalue weighted by atomic mass is 19.3. The van der Waals surface area contributed by atoms with Crippen molar-refractivity contribution in [1.29, 1.82) is 0 Å². The van der Waals surface area contributed by atoms with Crippen molar-refractivity contribution in [2.24, 2.45) is 7.05 Å². The summed E-state index contributed by atoms with van der Waals surface area (Å²) < 4.78 is 67.3. The Morgan fingerprint density at radius 2 is 1.92 bits per heavy atom. The number of aryl methyl sites for hydroxylation is 1. The van der Waals surface area contributed by atoms with Crippen LogP contribution in [-0.4, -0.2) is 33.9 Å². The highest BCUT2D eigenvalue weighted by molar-refractivity contribution is 5.94. The summed E-state index contributed by atoms with van der Waals surface area (Å²) in [5.41, 5.74) is -1.28. The second-order valence-electron chi connectivity index (χ2n) is 5.60. The summed E-state index contributed by atoms with van der Waals surface area (Å²) in [6, 6.07) is 0.935. The highest BCUT2D eigenvalue weighted by Crippen LogP contribution is 2.24. The molecule has 10 heteroatoms. The van der Waals surface area contributed by atoms with Crippen LogP contribution in [0.5, 0.6) is 0 Å². The quantitative estimate of drug-likeness (QED) is 0.440. The number of benzene rings is 1. The van der Waals surface area contributed by atoms with E-state index in [1.165, 1.54) is 14.0 Å². The van der Waals surface area contributed by atoms with Crippen molar-refractivity contribution in [3.63, 3.8) is 0 Å². The number of hydroxylamine groups is 2. The van der Waals surface area contributed by atoms with Gasteiger partial charge in [0, 0.05) is 13.2 Å². The zero-order chi connectivity index (χ0) is 19.6. The minimum Gasteiger partial charge on any atom is -0.275 e. The lowest BCUT2D eigenvalue weighted by Crippen LogP contribution is -2.39. The van der Waals surface area contributed by atoms with Gasteiger partial charge in [0.2, 0.25) is 0 Å². The third-order valence-electron chi connectivity index (χ3n) is 3.72. The Bertz CT molecular complexity index is 809. The van der Waals surface area contributed by atoms with Gasteiger partial charge in [0.1, 0.15) is 5.69 Å². The number of carbonyl (C=O) groups is 1. The van der Waals surface area contributed by atoms with E-state index in [9.17, 15) is 26.7 Å². The molecule has 0 spiro atoms. The molecule has 0 N–H and O–H groups in total. The van der Waals surface area contributed by atoms with Gasteiger partial charge in [0.05, 0.1) is 18.7 Å². The van der Waals surface area contributed by atoms with E-state index in [0.717, 1.165) is 35.2 Å². The molecule has 1 aromatic carbocycles. The predicted octanol–water partition coefficient (Wildman–Crippen LogP) is 3.41. The van der Waals surface area contributed by atoms with Crippen LogP contribution in [0, 0.1) is 17.5 Å². The lowest BCUT2D eigenvalue weighted by Gasteiger charge is -2.26. The highest BCUT2D eigenvalue weighted by Gasteiger charge is 2.30. The number of nitrogens with zero attached hydrogens (tertiary/aromatic N) is 3. The molecule has 0 saturated heterocycles. The average molecular weight is 377 g/mol. The first-order valence-electron chi connectivity index (χ1n) is 7.49. The molecule has 0 bridgehead atoms. The Morgan fingerprint density at radius 1 is 1.27 bits per heavy atom. The van der Waals surface area contributed by atoms with E-state index in [2.05, 4.69) is 5.10 Å². The number of carbonyl (C=O) groups excluding carboxylic acids is 1. The standard InChI is InChI=1S/C16H16F5N3O2/c1-8(6-9-4-5-11(17)13(19)12(9)18)24(26-3)16(25)10-7-23(2)22-14(10)15(20)21/h4-5,7-8,15H,6H2,1-3H3. The number of hydrogen-bond donors (Lipinski definition) is 0. The number of amides is 1. The first-order valence-corrected chi connectivity index (χ1v) is 7.49. The van der Waals surface area contributed by atoms with Crippen molar-refractivity contribution in [3.05, 3.63) is 52.6 Å². The first-order chi connectivity index (χ1) is 12.2. The van der Waals surface area contributed by atoms with Crippen LogP contribution in [0.1, 0.15) is 35.0 Å². The summed E-state index contributed by atoms with van der Waals surface area (Å²) >= 11 is 0. The summed E-state index contributed by atoms with van der Waals surface area (Å²) in [5.74, 6) is -5.26. The molecule has 0 aliphatic rings. The van der Waals surface area contributed by atoms with Crippen LogP contribution in [0.2, 0.25) is 0 Å². The van der Waals surface area contributed by atoms with Crippen molar-refractivity contribution in [2.45, 2.75) is 25.8 Å². The molecule has 0 radical (unpaired) electrons. The van der Waals surface area contributed by atoms with Gasteiger partial charge in [0.15, 0.2) is 17.5 Å². The maximum atomic E-state index is 13.8. The third kappa shape index (κ3) is 3.85. The molecule has 1 atom stereocenters. The van der Waals surface area contributed by atoms with Crippen LogP contribution in [0.3, 0.4) is 0 Å². The van der Waals surface area contributed by atoms with Gasteiger partial charge in [-0.3, -0.25) is 14.3 Å². The fourth-order valence-electron chi connectivity index (χ4n) is 2.54. The zero-order valence-electron chi connectivity index (χ0n) is 14.1. The lowest BCUT2D eigenvalue weighted by atomic mass is 10.1. The third-order valence-corrected chi connectivity index (χ3v) is 3.72. The molecule has 142 valence electrons. The number of aromatic nitrogens is 2. The van der Waals surface area contributed by atoms with Crippen molar-refractivity contribution >= 4 is 5.91 Å². The number of rotatable bonds is 6. The van der Waals surface area contributed by atoms with E-state index < -0.39 is 41.5 Å². The summed E-state index contributed by atoms with van der Waals surface area (Å²) in [7, 11) is 2.51. The Morgan fingerprint density at radius 3 is 2.50 bits per heavy atom. The normalized spacial score (nSPS) is 12.5. The van der Waals surface area contributed by atoms with Crippen LogP contribution in [-0.2, 0) is 18.3 Å². The maximum absolute atomic E-state index is 13.8. The second kappa shape index (κ2) is 7.81. The monoisotopic (exact) mass is 377 g/mol. The van der Waals surface area contributed by atoms with Crippen LogP contribution in [0.4, 0.5) is 22.0 Å². The minimum absolute atomic E-state index is 0.188. The fourth-order valence-corrected chi connectivity index (χ4v) is 2.54. The topological polar surface area (TPSA) is 47.4 Å². The second-order valence-corrected chi connectivity index (χ2v) is 5.60. The first kappa shape index (κ1) is 19.8. The van der Waals surface area contributed by atoms with Gasteiger partial charge in [-0.25, -0.2) is 27.0 Å². The number of alkyl halides is 2. The van der Waals surface area contributed by atoms with E-state index in [-0.39, 0.29) is 17.5 Å². The molecule has 26 heavy (non-hydrogen) atoms. The molecule has 1 amide bonds. The van der Waals surface area contributed by atoms with Gasteiger partial charge in [0.25, 0.3) is 12.3 Å². The molecule has 1 aromatic heterocycles. The molecule has 1 unspecified atom stereocenters. The predicted molar refractivity (Wildman–Crippen MR) is 80.8 cm³/mol. The molecule has 2 aromatic rings. The smallest absolute Gasteiger partial charge is 0.275 e. The van der Waals surface area contributed by atoms with Crippen LogP contribution in [0.25, 0.3) is 0 Å². The molecular weight excluding hydrogens is 361 g/mol. The van der Waals surface area contributed by atoms with Crippen molar-refractivity contribution in [2.75, 3.05) is 7.11 Å². The summed E-state index contributed by atoms with van der Waals surface area (Å²) in [5, 5.41) is 4.29. The number of halogens is 5. The molecule has 0 aliphatic heterocycles. The van der Waals surface area contributed by atoms with E-state index in [4.69, 9.17) is 4.84 Å². The van der Waals surface area contributed by atoms with Gasteiger partial charge in [-0.2, -0.15) is 5.10 Å². The maximum Gasteiger partial charge on any atom is 0.282 e.